The molecule has 0 saturated carbocycles. The number of anilines is 1. The van der Waals surface area contributed by atoms with E-state index in [1.165, 1.54) is 36.7 Å². The normalized spacial score (nSPS) is 22.4. The highest BCUT2D eigenvalue weighted by atomic mass is 32.2. The van der Waals surface area contributed by atoms with Crippen LogP contribution in [0.4, 0.5) is 19.0 Å². The lowest BCUT2D eigenvalue weighted by Crippen LogP contribution is -2.43. The number of piperidine rings is 1. The van der Waals surface area contributed by atoms with E-state index in [1.807, 2.05) is 4.90 Å². The summed E-state index contributed by atoms with van der Waals surface area (Å²) >= 11 is 0. The van der Waals surface area contributed by atoms with Crippen LogP contribution in [0.25, 0.3) is 32.9 Å². The highest BCUT2D eigenvalue weighted by molar-refractivity contribution is 7.91. The van der Waals surface area contributed by atoms with Gasteiger partial charge in [0, 0.05) is 49.5 Å². The highest BCUT2D eigenvalue weighted by Crippen LogP contribution is 2.42. The minimum atomic E-state index is -3.24. The standard InChI is InChI=1S/C33H32F3N5O4S/c1-3-23-26(35)6-5-19-13-21(42)14-24(27(19)23)29-28(36)30-25(16-37-29)31(40-11-7-22(8-12-40)46(2,43)44)39-32(38-30)45-18-33-9-4-10-41(33)17-20(34)15-33/h1,5-6,13-14,16,20,22,42H,4,7-12,15,17-18H2,2H3/t20-,33+/m1/s1. The van der Waals surface area contributed by atoms with Gasteiger partial charge in [-0.25, -0.2) is 21.6 Å². The Labute approximate surface area is 264 Å². The Kier molecular flexibility index (Phi) is 7.48. The molecule has 9 nitrogen and oxygen atoms in total. The number of aromatic hydroxyl groups is 1. The SMILES string of the molecule is C#Cc1c(F)ccc2cc(O)cc(-c3ncc4c(N5CCC(S(C)(=O)=O)CC5)nc(OC[C@@]56CCCN5C[C@H](F)C6)nc4c3F)c12. The van der Waals surface area contributed by atoms with Gasteiger partial charge in [-0.2, -0.15) is 9.97 Å². The zero-order chi connectivity index (χ0) is 32.4. The van der Waals surface area contributed by atoms with E-state index in [0.717, 1.165) is 19.4 Å². The number of alkyl halides is 1. The maximum absolute atomic E-state index is 16.7. The quantitative estimate of drug-likeness (QED) is 0.295. The van der Waals surface area contributed by atoms with Gasteiger partial charge in [-0.05, 0) is 55.8 Å². The van der Waals surface area contributed by atoms with Gasteiger partial charge in [0.05, 0.1) is 21.7 Å². The van der Waals surface area contributed by atoms with Gasteiger partial charge in [0.2, 0.25) is 0 Å². The van der Waals surface area contributed by atoms with Crippen LogP contribution in [0.15, 0.2) is 30.5 Å². The Balaban J connectivity index is 1.36. The first kappa shape index (κ1) is 30.5. The average Bonchev–Trinajstić information content (AvgIpc) is 3.55. The van der Waals surface area contributed by atoms with Crippen molar-refractivity contribution >= 4 is 37.3 Å². The molecule has 3 aliphatic rings. The molecule has 240 valence electrons. The molecule has 4 aromatic rings. The van der Waals surface area contributed by atoms with Crippen LogP contribution in [0.3, 0.4) is 0 Å². The second-order valence-corrected chi connectivity index (χ2v) is 14.9. The van der Waals surface area contributed by atoms with Gasteiger partial charge in [-0.3, -0.25) is 9.88 Å². The van der Waals surface area contributed by atoms with Crippen LogP contribution in [0.1, 0.15) is 37.7 Å². The monoisotopic (exact) mass is 651 g/mol. The van der Waals surface area contributed by atoms with Crippen LogP contribution in [-0.2, 0) is 9.84 Å². The molecule has 1 N–H and O–H groups in total. The van der Waals surface area contributed by atoms with E-state index in [-0.39, 0.29) is 51.5 Å². The van der Waals surface area contributed by atoms with Gasteiger partial charge in [-0.15, -0.1) is 6.42 Å². The number of ether oxygens (including phenoxy) is 1. The maximum atomic E-state index is 16.7. The molecule has 3 aliphatic heterocycles. The Bertz CT molecular complexity index is 2030. The van der Waals surface area contributed by atoms with Crippen LogP contribution < -0.4 is 9.64 Å². The Morgan fingerprint density at radius 2 is 1.96 bits per heavy atom. The number of sulfone groups is 1. The fourth-order valence-electron chi connectivity index (χ4n) is 7.41. The predicted molar refractivity (Wildman–Crippen MR) is 168 cm³/mol. The Morgan fingerprint density at radius 1 is 1.17 bits per heavy atom. The fraction of sp³-hybridized carbons (Fsp3) is 0.424. The fourth-order valence-corrected chi connectivity index (χ4v) is 8.48. The maximum Gasteiger partial charge on any atom is 0.319 e. The van der Waals surface area contributed by atoms with Crippen molar-refractivity contribution in [1.29, 1.82) is 0 Å². The summed E-state index contributed by atoms with van der Waals surface area (Å²) in [5.74, 6) is 0.933. The van der Waals surface area contributed by atoms with Crippen molar-refractivity contribution in [3.05, 3.63) is 47.7 Å². The van der Waals surface area contributed by atoms with E-state index < -0.39 is 38.4 Å². The summed E-state index contributed by atoms with van der Waals surface area (Å²) in [4.78, 5) is 17.5. The Morgan fingerprint density at radius 3 is 2.70 bits per heavy atom. The molecule has 2 aromatic heterocycles. The smallest absolute Gasteiger partial charge is 0.319 e. The lowest BCUT2D eigenvalue weighted by molar-refractivity contribution is 0.107. The molecular weight excluding hydrogens is 619 g/mol. The summed E-state index contributed by atoms with van der Waals surface area (Å²) in [6.45, 7) is 1.91. The number of pyridine rings is 1. The summed E-state index contributed by atoms with van der Waals surface area (Å²) in [7, 11) is -3.24. The molecule has 0 amide bonds. The number of hydrogen-bond acceptors (Lipinski definition) is 9. The first-order valence-corrected chi connectivity index (χ1v) is 17.2. The van der Waals surface area contributed by atoms with Gasteiger partial charge >= 0.3 is 6.01 Å². The number of phenolic OH excluding ortho intramolecular Hbond substituents is 1. The summed E-state index contributed by atoms with van der Waals surface area (Å²) in [6.07, 6.45) is 10.0. The van der Waals surface area contributed by atoms with Crippen molar-refractivity contribution in [2.45, 2.75) is 49.1 Å². The molecule has 13 heteroatoms. The van der Waals surface area contributed by atoms with Crippen molar-refractivity contribution in [3.63, 3.8) is 0 Å². The van der Waals surface area contributed by atoms with Crippen molar-refractivity contribution in [1.82, 2.24) is 19.9 Å². The molecule has 0 spiro atoms. The van der Waals surface area contributed by atoms with E-state index in [9.17, 15) is 22.3 Å². The van der Waals surface area contributed by atoms with Gasteiger partial charge in [-0.1, -0.05) is 12.0 Å². The minimum absolute atomic E-state index is 0.0823. The van der Waals surface area contributed by atoms with Crippen LogP contribution in [-0.4, -0.2) is 89.4 Å². The van der Waals surface area contributed by atoms with E-state index in [0.29, 0.717) is 50.1 Å². The third-order valence-corrected chi connectivity index (χ3v) is 11.4. The molecule has 2 aromatic carbocycles. The molecule has 0 radical (unpaired) electrons. The summed E-state index contributed by atoms with van der Waals surface area (Å²) in [5.41, 5.74) is -0.847. The number of terminal acetylenes is 1. The topological polar surface area (TPSA) is 109 Å². The van der Waals surface area contributed by atoms with Crippen LogP contribution >= 0.6 is 0 Å². The van der Waals surface area contributed by atoms with Crippen LogP contribution in [0, 0.1) is 24.0 Å². The number of halogens is 3. The third kappa shape index (κ3) is 5.17. The molecule has 46 heavy (non-hydrogen) atoms. The molecule has 3 fully saturated rings. The van der Waals surface area contributed by atoms with Gasteiger partial charge in [0.1, 0.15) is 51.2 Å². The number of aromatic nitrogens is 3. The number of benzene rings is 2. The third-order valence-electron chi connectivity index (χ3n) is 9.67. The number of rotatable bonds is 6. The largest absolute Gasteiger partial charge is 0.508 e. The first-order valence-electron chi connectivity index (χ1n) is 15.2. The molecule has 0 aliphatic carbocycles. The van der Waals surface area contributed by atoms with Gasteiger partial charge < -0.3 is 14.7 Å². The molecule has 0 unspecified atom stereocenters. The number of fused-ring (bicyclic) bond motifs is 3. The van der Waals surface area contributed by atoms with Crippen molar-refractivity contribution in [2.75, 3.05) is 43.9 Å². The molecule has 3 saturated heterocycles. The summed E-state index contributed by atoms with van der Waals surface area (Å²) < 4.78 is 76.5. The highest BCUT2D eigenvalue weighted by Gasteiger charge is 2.49. The zero-order valence-corrected chi connectivity index (χ0v) is 26.0. The molecule has 0 bridgehead atoms. The predicted octanol–water partition coefficient (Wildman–Crippen LogP) is 4.78. The van der Waals surface area contributed by atoms with Gasteiger partial charge in [0.25, 0.3) is 0 Å². The van der Waals surface area contributed by atoms with E-state index in [4.69, 9.17) is 11.2 Å². The van der Waals surface area contributed by atoms with E-state index >= 15 is 4.39 Å². The molecule has 2 atom stereocenters. The van der Waals surface area contributed by atoms with E-state index in [1.54, 1.807) is 0 Å². The Hall–Kier alpha value is -4.15. The molecular formula is C33H32F3N5O4S. The van der Waals surface area contributed by atoms with Crippen molar-refractivity contribution < 1.29 is 31.4 Å². The summed E-state index contributed by atoms with van der Waals surface area (Å²) in [5, 5.41) is 10.9. The van der Waals surface area contributed by atoms with Crippen LogP contribution in [0.2, 0.25) is 0 Å². The van der Waals surface area contributed by atoms with Crippen LogP contribution in [0.5, 0.6) is 11.8 Å². The first-order chi connectivity index (χ1) is 22.0. The second-order valence-electron chi connectivity index (χ2n) is 12.6. The lowest BCUT2D eigenvalue weighted by atomic mass is 9.95. The lowest BCUT2D eigenvalue weighted by Gasteiger charge is -2.33. The molecule has 7 rings (SSSR count). The summed E-state index contributed by atoms with van der Waals surface area (Å²) in [6, 6.07) is 5.19. The average molecular weight is 652 g/mol. The van der Waals surface area contributed by atoms with Crippen molar-refractivity contribution in [3.8, 4) is 35.4 Å². The number of hydrogen-bond donors (Lipinski definition) is 1. The number of nitrogens with zero attached hydrogens (tertiary/aromatic N) is 5. The molecule has 5 heterocycles. The van der Waals surface area contributed by atoms with E-state index in [2.05, 4.69) is 25.8 Å². The van der Waals surface area contributed by atoms with Gasteiger partial charge in [0.15, 0.2) is 5.82 Å². The second kappa shape index (κ2) is 11.3. The number of phenols is 1. The van der Waals surface area contributed by atoms with Crippen molar-refractivity contribution in [2.24, 2.45) is 0 Å². The zero-order valence-electron chi connectivity index (χ0n) is 25.1. The minimum Gasteiger partial charge on any atom is -0.508 e.